The van der Waals surface area contributed by atoms with Crippen LogP contribution in [-0.2, 0) is 4.43 Å². The largest absolute Gasteiger partial charge is 0.422 e. The normalized spacial score (nSPS) is 11.8. The third kappa shape index (κ3) is 5.41. The smallest absolute Gasteiger partial charge is 0.186 e. The summed E-state index contributed by atoms with van der Waals surface area (Å²) in [6.45, 7) is 9.33. The first-order valence-corrected chi connectivity index (χ1v) is 9.61. The molecule has 1 N–H and O–H groups in total. The second kappa shape index (κ2) is 8.75. The molecule has 0 radical (unpaired) electrons. The monoisotopic (exact) mass is 328 g/mol. The Morgan fingerprint density at radius 1 is 1.00 bits per heavy atom. The first kappa shape index (κ1) is 17.6. The van der Waals surface area contributed by atoms with Crippen LogP contribution in [0.25, 0.3) is 0 Å². The standard InChI is InChI=1S/C19H28N2OSi/c1-4-22-23-19(2,3)21(18-13-9-6-10-14-18)16-15-20-17-11-7-5-8-12-17/h5-14,20H,4,15-16,23H2,1-3H3. The molecule has 0 bridgehead atoms. The van der Waals surface area contributed by atoms with E-state index in [1.807, 2.05) is 6.07 Å². The average molecular weight is 329 g/mol. The van der Waals surface area contributed by atoms with E-state index in [9.17, 15) is 0 Å². The van der Waals surface area contributed by atoms with Crippen LogP contribution in [0.4, 0.5) is 11.4 Å². The molecule has 0 fully saturated rings. The maximum Gasteiger partial charge on any atom is 0.186 e. The van der Waals surface area contributed by atoms with Gasteiger partial charge in [0.1, 0.15) is 0 Å². The van der Waals surface area contributed by atoms with E-state index in [4.69, 9.17) is 4.43 Å². The summed E-state index contributed by atoms with van der Waals surface area (Å²) in [5.41, 5.74) is 2.43. The summed E-state index contributed by atoms with van der Waals surface area (Å²) in [5, 5.41) is 3.59. The number of nitrogens with one attached hydrogen (secondary N) is 1. The van der Waals surface area contributed by atoms with Crippen molar-refractivity contribution in [3.63, 3.8) is 0 Å². The molecule has 0 unspecified atom stereocenters. The Balaban J connectivity index is 2.04. The van der Waals surface area contributed by atoms with Crippen molar-refractivity contribution < 1.29 is 4.43 Å². The van der Waals surface area contributed by atoms with Crippen LogP contribution in [-0.4, -0.2) is 34.6 Å². The van der Waals surface area contributed by atoms with Crippen LogP contribution in [0.3, 0.4) is 0 Å². The maximum absolute atomic E-state index is 5.84. The van der Waals surface area contributed by atoms with E-state index < -0.39 is 9.76 Å². The van der Waals surface area contributed by atoms with Gasteiger partial charge in [-0.1, -0.05) is 36.4 Å². The topological polar surface area (TPSA) is 24.5 Å². The number of anilines is 2. The molecule has 4 heteroatoms. The number of hydrogen-bond acceptors (Lipinski definition) is 3. The van der Waals surface area contributed by atoms with Gasteiger partial charge in [-0.05, 0) is 45.0 Å². The fraction of sp³-hybridized carbons (Fsp3) is 0.368. The average Bonchev–Trinajstić information content (AvgIpc) is 2.58. The highest BCUT2D eigenvalue weighted by atomic mass is 28.2. The molecular weight excluding hydrogens is 300 g/mol. The van der Waals surface area contributed by atoms with Crippen molar-refractivity contribution in [2.45, 2.75) is 25.9 Å². The zero-order valence-corrected chi connectivity index (χ0v) is 15.9. The Morgan fingerprint density at radius 3 is 2.22 bits per heavy atom. The summed E-state index contributed by atoms with van der Waals surface area (Å²) in [6.07, 6.45) is 0. The molecule has 0 aromatic heterocycles. The molecule has 0 atom stereocenters. The predicted octanol–water partition coefficient (Wildman–Crippen LogP) is 3.46. The minimum atomic E-state index is -0.645. The molecule has 124 valence electrons. The van der Waals surface area contributed by atoms with Crippen LogP contribution in [0, 0.1) is 0 Å². The molecule has 2 aromatic rings. The quantitative estimate of drug-likeness (QED) is 0.714. The Hall–Kier alpha value is -1.78. The molecule has 23 heavy (non-hydrogen) atoms. The van der Waals surface area contributed by atoms with Gasteiger partial charge < -0.3 is 14.6 Å². The molecule has 2 rings (SSSR count). The van der Waals surface area contributed by atoms with Crippen molar-refractivity contribution in [2.24, 2.45) is 0 Å². The fourth-order valence-electron chi connectivity index (χ4n) is 2.69. The highest BCUT2D eigenvalue weighted by Crippen LogP contribution is 2.23. The molecule has 0 aliphatic rings. The lowest BCUT2D eigenvalue weighted by Crippen LogP contribution is -2.51. The summed E-state index contributed by atoms with van der Waals surface area (Å²) in [7, 11) is -0.645. The fourth-order valence-corrected chi connectivity index (χ4v) is 3.89. The highest BCUT2D eigenvalue weighted by Gasteiger charge is 2.27. The summed E-state index contributed by atoms with van der Waals surface area (Å²) in [6, 6.07) is 21.0. The first-order chi connectivity index (χ1) is 11.1. The zero-order chi connectivity index (χ0) is 16.5. The zero-order valence-electron chi connectivity index (χ0n) is 14.5. The van der Waals surface area contributed by atoms with Gasteiger partial charge in [0, 0.05) is 36.2 Å². The molecule has 3 nitrogen and oxygen atoms in total. The minimum absolute atomic E-state index is 0.0791. The van der Waals surface area contributed by atoms with Crippen molar-refractivity contribution in [1.82, 2.24) is 0 Å². The third-order valence-electron chi connectivity index (χ3n) is 3.90. The lowest BCUT2D eigenvalue weighted by molar-refractivity contribution is 0.339. The predicted molar refractivity (Wildman–Crippen MR) is 103 cm³/mol. The van der Waals surface area contributed by atoms with E-state index >= 15 is 0 Å². The van der Waals surface area contributed by atoms with Crippen LogP contribution in [0.15, 0.2) is 60.7 Å². The molecule has 0 spiro atoms. The van der Waals surface area contributed by atoms with Crippen molar-refractivity contribution in [1.29, 1.82) is 0 Å². The van der Waals surface area contributed by atoms with Gasteiger partial charge in [0.2, 0.25) is 0 Å². The third-order valence-corrected chi connectivity index (χ3v) is 5.60. The SMILES string of the molecule is CCO[SiH2]C(C)(C)N(CCNc1ccccc1)c1ccccc1. The van der Waals surface area contributed by atoms with Crippen molar-refractivity contribution in [3.05, 3.63) is 60.7 Å². The molecule has 0 aliphatic heterocycles. The van der Waals surface area contributed by atoms with Crippen LogP contribution in [0.2, 0.25) is 0 Å². The summed E-state index contributed by atoms with van der Waals surface area (Å²) in [5.74, 6) is 0. The Labute approximate surface area is 142 Å². The number of hydrogen-bond donors (Lipinski definition) is 1. The molecule has 0 aliphatic carbocycles. The van der Waals surface area contributed by atoms with E-state index in [0.717, 1.165) is 19.7 Å². The Kier molecular flexibility index (Phi) is 6.68. The molecule has 2 aromatic carbocycles. The van der Waals surface area contributed by atoms with Gasteiger partial charge in [-0.25, -0.2) is 0 Å². The molecule has 0 heterocycles. The van der Waals surface area contributed by atoms with Crippen molar-refractivity contribution in [2.75, 3.05) is 29.9 Å². The van der Waals surface area contributed by atoms with Crippen LogP contribution >= 0.6 is 0 Å². The highest BCUT2D eigenvalue weighted by molar-refractivity contribution is 6.33. The lowest BCUT2D eigenvalue weighted by atomic mass is 10.2. The number of nitrogens with zero attached hydrogens (tertiary/aromatic N) is 1. The Morgan fingerprint density at radius 2 is 1.61 bits per heavy atom. The minimum Gasteiger partial charge on any atom is -0.422 e. The molecule has 0 amide bonds. The van der Waals surface area contributed by atoms with Gasteiger partial charge in [-0.2, -0.15) is 0 Å². The van der Waals surface area contributed by atoms with E-state index in [-0.39, 0.29) is 5.16 Å². The molecular formula is C19H28N2OSi. The van der Waals surface area contributed by atoms with Crippen molar-refractivity contribution >= 4 is 21.1 Å². The van der Waals surface area contributed by atoms with Crippen LogP contribution in [0.5, 0.6) is 0 Å². The van der Waals surface area contributed by atoms with Crippen LogP contribution in [0.1, 0.15) is 20.8 Å². The van der Waals surface area contributed by atoms with Gasteiger partial charge in [0.25, 0.3) is 0 Å². The molecule has 0 saturated carbocycles. The number of para-hydroxylation sites is 2. The number of rotatable bonds is 9. The van der Waals surface area contributed by atoms with Gasteiger partial charge >= 0.3 is 0 Å². The summed E-state index contributed by atoms with van der Waals surface area (Å²) in [4.78, 5) is 2.48. The second-order valence-electron chi connectivity index (χ2n) is 6.23. The number of benzene rings is 2. The van der Waals surface area contributed by atoms with Gasteiger partial charge in [0.15, 0.2) is 9.76 Å². The van der Waals surface area contributed by atoms with Crippen LogP contribution < -0.4 is 10.2 Å². The van der Waals surface area contributed by atoms with Gasteiger partial charge in [0.05, 0.1) is 0 Å². The van der Waals surface area contributed by atoms with E-state index in [0.29, 0.717) is 0 Å². The molecule has 0 saturated heterocycles. The van der Waals surface area contributed by atoms with Crippen molar-refractivity contribution in [3.8, 4) is 0 Å². The lowest BCUT2D eigenvalue weighted by Gasteiger charge is -2.40. The summed E-state index contributed by atoms with van der Waals surface area (Å²) < 4.78 is 5.84. The van der Waals surface area contributed by atoms with Gasteiger partial charge in [-0.3, -0.25) is 0 Å². The van der Waals surface area contributed by atoms with Gasteiger partial charge in [-0.15, -0.1) is 0 Å². The second-order valence-corrected chi connectivity index (χ2v) is 8.66. The van der Waals surface area contributed by atoms with E-state index in [2.05, 4.69) is 85.6 Å². The maximum atomic E-state index is 5.84. The van der Waals surface area contributed by atoms with E-state index in [1.165, 1.54) is 11.4 Å². The first-order valence-electron chi connectivity index (χ1n) is 8.33. The van der Waals surface area contributed by atoms with E-state index in [1.54, 1.807) is 0 Å². The Bertz CT molecular complexity index is 560. The summed E-state index contributed by atoms with van der Waals surface area (Å²) >= 11 is 0.